The Morgan fingerprint density at radius 2 is 1.63 bits per heavy atom. The molecule has 4 rings (SSSR count). The van der Waals surface area contributed by atoms with E-state index in [-0.39, 0.29) is 30.4 Å². The van der Waals surface area contributed by atoms with Gasteiger partial charge in [0.2, 0.25) is 15.9 Å². The lowest BCUT2D eigenvalue weighted by atomic mass is 10.0. The van der Waals surface area contributed by atoms with E-state index in [1.165, 1.54) is 45.6 Å². The molecule has 9 nitrogen and oxygen atoms in total. The second kappa shape index (κ2) is 15.1. The molecular formula is C32H38FN3O6S. The first kappa shape index (κ1) is 32.1. The molecule has 3 aromatic rings. The number of ether oxygens (including phenoxy) is 2. The van der Waals surface area contributed by atoms with Crippen LogP contribution in [0.2, 0.25) is 0 Å². The van der Waals surface area contributed by atoms with Crippen LogP contribution in [0.25, 0.3) is 0 Å². The van der Waals surface area contributed by atoms with Gasteiger partial charge in [0, 0.05) is 26.2 Å². The van der Waals surface area contributed by atoms with Gasteiger partial charge in [-0.15, -0.1) is 0 Å². The van der Waals surface area contributed by atoms with Gasteiger partial charge < -0.3 is 19.7 Å². The van der Waals surface area contributed by atoms with Gasteiger partial charge in [-0.05, 0) is 59.9 Å². The normalized spacial score (nSPS) is 14.7. The fourth-order valence-electron chi connectivity index (χ4n) is 4.67. The van der Waals surface area contributed by atoms with Crippen LogP contribution in [0.15, 0.2) is 83.8 Å². The molecule has 230 valence electrons. The van der Waals surface area contributed by atoms with E-state index in [0.29, 0.717) is 42.6 Å². The average molecular weight is 612 g/mol. The van der Waals surface area contributed by atoms with Crippen molar-refractivity contribution >= 4 is 21.8 Å². The predicted octanol–water partition coefficient (Wildman–Crippen LogP) is 4.16. The molecule has 43 heavy (non-hydrogen) atoms. The first-order chi connectivity index (χ1) is 20.6. The number of halogens is 1. The highest BCUT2D eigenvalue weighted by atomic mass is 32.2. The lowest BCUT2D eigenvalue weighted by molar-refractivity contribution is -0.143. The van der Waals surface area contributed by atoms with Crippen molar-refractivity contribution in [1.29, 1.82) is 0 Å². The molecule has 1 aliphatic heterocycles. The molecule has 0 aromatic heterocycles. The van der Waals surface area contributed by atoms with Gasteiger partial charge in [0.15, 0.2) is 6.61 Å². The SMILES string of the molecule is CC(C)CCNC(=O)C(c1ccccc1)N(Cc1ccc(F)cc1)C(=O)COc1ccc(S(=O)(=O)N2CCOCC2)cc1. The number of benzene rings is 3. The van der Waals surface area contributed by atoms with Crippen LogP contribution in [0, 0.1) is 11.7 Å². The molecule has 1 saturated heterocycles. The molecule has 1 atom stereocenters. The number of hydrogen-bond acceptors (Lipinski definition) is 6. The van der Waals surface area contributed by atoms with E-state index in [4.69, 9.17) is 9.47 Å². The Bertz CT molecular complexity index is 1440. The van der Waals surface area contributed by atoms with Crippen molar-refractivity contribution in [2.45, 2.75) is 37.8 Å². The Kier molecular flexibility index (Phi) is 11.3. The number of hydrogen-bond donors (Lipinski definition) is 1. The van der Waals surface area contributed by atoms with E-state index >= 15 is 0 Å². The summed E-state index contributed by atoms with van der Waals surface area (Å²) in [7, 11) is -3.67. The van der Waals surface area contributed by atoms with Crippen LogP contribution in [0.4, 0.5) is 4.39 Å². The highest BCUT2D eigenvalue weighted by molar-refractivity contribution is 7.89. The summed E-state index contributed by atoms with van der Waals surface area (Å²) in [5.41, 5.74) is 1.26. The van der Waals surface area contributed by atoms with E-state index in [1.807, 2.05) is 6.07 Å². The van der Waals surface area contributed by atoms with Gasteiger partial charge in [0.05, 0.1) is 18.1 Å². The van der Waals surface area contributed by atoms with Crippen molar-refractivity contribution in [3.63, 3.8) is 0 Å². The zero-order chi connectivity index (χ0) is 30.8. The second-order valence-electron chi connectivity index (χ2n) is 10.7. The van der Waals surface area contributed by atoms with E-state index in [0.717, 1.165) is 6.42 Å². The molecule has 0 radical (unpaired) electrons. The third kappa shape index (κ3) is 8.85. The van der Waals surface area contributed by atoms with E-state index in [2.05, 4.69) is 19.2 Å². The van der Waals surface area contributed by atoms with Gasteiger partial charge in [-0.3, -0.25) is 9.59 Å². The molecule has 11 heteroatoms. The van der Waals surface area contributed by atoms with Crippen LogP contribution in [-0.2, 0) is 30.9 Å². The molecule has 0 saturated carbocycles. The maximum absolute atomic E-state index is 13.8. The van der Waals surface area contributed by atoms with Gasteiger partial charge in [0.1, 0.15) is 17.6 Å². The lowest BCUT2D eigenvalue weighted by Gasteiger charge is -2.31. The summed E-state index contributed by atoms with van der Waals surface area (Å²) >= 11 is 0. The number of sulfonamides is 1. The fraction of sp³-hybridized carbons (Fsp3) is 0.375. The topological polar surface area (TPSA) is 105 Å². The summed E-state index contributed by atoms with van der Waals surface area (Å²) in [6.07, 6.45) is 0.777. The maximum atomic E-state index is 13.8. The summed E-state index contributed by atoms with van der Waals surface area (Å²) < 4.78 is 51.9. The molecule has 1 fully saturated rings. The number of rotatable bonds is 13. The quantitative estimate of drug-likeness (QED) is 0.311. The smallest absolute Gasteiger partial charge is 0.261 e. The Morgan fingerprint density at radius 3 is 2.26 bits per heavy atom. The molecule has 2 amide bonds. The van der Waals surface area contributed by atoms with Crippen LogP contribution in [-0.4, -0.2) is 68.9 Å². The molecule has 1 unspecified atom stereocenters. The monoisotopic (exact) mass is 611 g/mol. The second-order valence-corrected chi connectivity index (χ2v) is 12.6. The van der Waals surface area contributed by atoms with Gasteiger partial charge in [-0.1, -0.05) is 56.3 Å². The first-order valence-electron chi connectivity index (χ1n) is 14.3. The third-order valence-electron chi connectivity index (χ3n) is 7.08. The number of amides is 2. The van der Waals surface area contributed by atoms with Crippen LogP contribution in [0.3, 0.4) is 0 Å². The standard InChI is InChI=1S/C32H38FN3O6S/c1-24(2)16-17-34-32(38)31(26-6-4-3-5-7-26)36(22-25-8-10-27(33)11-9-25)30(37)23-42-28-12-14-29(15-13-28)43(39,40)35-18-20-41-21-19-35/h3-15,24,31H,16-23H2,1-2H3,(H,34,38). The minimum atomic E-state index is -3.67. The van der Waals surface area contributed by atoms with Crippen molar-refractivity contribution in [2.75, 3.05) is 39.5 Å². The third-order valence-corrected chi connectivity index (χ3v) is 8.99. The zero-order valence-corrected chi connectivity index (χ0v) is 25.3. The minimum Gasteiger partial charge on any atom is -0.484 e. The van der Waals surface area contributed by atoms with E-state index in [1.54, 1.807) is 36.4 Å². The van der Waals surface area contributed by atoms with Crippen molar-refractivity contribution in [2.24, 2.45) is 5.92 Å². The van der Waals surface area contributed by atoms with E-state index < -0.39 is 34.4 Å². The molecule has 0 bridgehead atoms. The van der Waals surface area contributed by atoms with Crippen LogP contribution in [0.1, 0.15) is 37.4 Å². The number of carbonyl (C=O) groups excluding carboxylic acids is 2. The van der Waals surface area contributed by atoms with Gasteiger partial charge >= 0.3 is 0 Å². The minimum absolute atomic E-state index is 0.0381. The fourth-order valence-corrected chi connectivity index (χ4v) is 6.08. The van der Waals surface area contributed by atoms with Crippen LogP contribution in [0.5, 0.6) is 5.75 Å². The van der Waals surface area contributed by atoms with Crippen molar-refractivity contribution < 1.29 is 31.9 Å². The van der Waals surface area contributed by atoms with Crippen molar-refractivity contribution in [1.82, 2.24) is 14.5 Å². The first-order valence-corrected chi connectivity index (χ1v) is 15.8. The summed E-state index contributed by atoms with van der Waals surface area (Å²) in [4.78, 5) is 28.9. The number of nitrogens with one attached hydrogen (secondary N) is 1. The molecule has 1 heterocycles. The van der Waals surface area contributed by atoms with Crippen molar-refractivity contribution in [3.8, 4) is 5.75 Å². The lowest BCUT2D eigenvalue weighted by Crippen LogP contribution is -2.45. The molecule has 0 aliphatic carbocycles. The Morgan fingerprint density at radius 1 is 0.977 bits per heavy atom. The van der Waals surface area contributed by atoms with Crippen LogP contribution < -0.4 is 10.1 Å². The molecule has 1 N–H and O–H groups in total. The number of carbonyl (C=O) groups is 2. The maximum Gasteiger partial charge on any atom is 0.261 e. The zero-order valence-electron chi connectivity index (χ0n) is 24.4. The Hall–Kier alpha value is -3.80. The highest BCUT2D eigenvalue weighted by Gasteiger charge is 2.32. The van der Waals surface area contributed by atoms with Crippen LogP contribution >= 0.6 is 0 Å². The summed E-state index contributed by atoms with van der Waals surface area (Å²) in [6, 6.07) is 19.7. The molecule has 0 spiro atoms. The summed E-state index contributed by atoms with van der Waals surface area (Å²) in [5.74, 6) is -0.526. The highest BCUT2D eigenvalue weighted by Crippen LogP contribution is 2.25. The Balaban J connectivity index is 1.54. The molecule has 3 aromatic carbocycles. The van der Waals surface area contributed by atoms with Gasteiger partial charge in [-0.2, -0.15) is 4.31 Å². The summed E-state index contributed by atoms with van der Waals surface area (Å²) in [5, 5.41) is 2.96. The molecular weight excluding hydrogens is 573 g/mol. The number of morpholine rings is 1. The van der Waals surface area contributed by atoms with Gasteiger partial charge in [0.25, 0.3) is 5.91 Å². The van der Waals surface area contributed by atoms with Gasteiger partial charge in [-0.25, -0.2) is 12.8 Å². The van der Waals surface area contributed by atoms with E-state index in [9.17, 15) is 22.4 Å². The van der Waals surface area contributed by atoms with Crippen molar-refractivity contribution in [3.05, 3.63) is 95.8 Å². The predicted molar refractivity (Wildman–Crippen MR) is 160 cm³/mol. The molecule has 1 aliphatic rings. The summed E-state index contributed by atoms with van der Waals surface area (Å²) in [6.45, 7) is 5.47. The Labute approximate surface area is 252 Å². The average Bonchev–Trinajstić information content (AvgIpc) is 3.01. The largest absolute Gasteiger partial charge is 0.484 e. The number of nitrogens with zero attached hydrogens (tertiary/aromatic N) is 2.